The van der Waals surface area contributed by atoms with Crippen LogP contribution in [0.2, 0.25) is 0 Å². The van der Waals surface area contributed by atoms with Crippen LogP contribution in [0.1, 0.15) is 24.6 Å². The minimum absolute atomic E-state index is 0.471. The molecule has 2 heterocycles. The maximum Gasteiger partial charge on any atom is 0.252 e. The summed E-state index contributed by atoms with van der Waals surface area (Å²) < 4.78 is 27.4. The lowest BCUT2D eigenvalue weighted by molar-refractivity contribution is 0.197. The number of nitrogens with one attached hydrogen (secondary N) is 1. The second-order valence-corrected chi connectivity index (χ2v) is 8.93. The average molecular weight is 332 g/mol. The average Bonchev–Trinajstić information content (AvgIpc) is 2.94. The van der Waals surface area contributed by atoms with Crippen LogP contribution < -0.4 is 5.32 Å². The number of hydrogen-bond acceptors (Lipinski definition) is 5. The van der Waals surface area contributed by atoms with Gasteiger partial charge in [-0.3, -0.25) is 0 Å². The first-order valence-electron chi connectivity index (χ1n) is 7.41. The molecular weight excluding hydrogens is 306 g/mol. The van der Waals surface area contributed by atoms with E-state index in [9.17, 15) is 8.42 Å². The zero-order chi connectivity index (χ0) is 15.5. The molecule has 0 aromatic carbocycles. The SMILES string of the molecule is CCNCc1ccc(S(=O)(=O)N2CCC(N(C)C)CC2)s1. The predicted octanol–water partition coefficient (Wildman–Crippen LogP) is 1.57. The molecule has 1 fully saturated rings. The van der Waals surface area contributed by atoms with Gasteiger partial charge in [-0.15, -0.1) is 11.3 Å². The van der Waals surface area contributed by atoms with Gasteiger partial charge in [0.15, 0.2) is 0 Å². The second kappa shape index (κ2) is 7.19. The number of rotatable bonds is 6. The van der Waals surface area contributed by atoms with Crippen molar-refractivity contribution in [2.75, 3.05) is 33.7 Å². The predicted molar refractivity (Wildman–Crippen MR) is 87.2 cm³/mol. The summed E-state index contributed by atoms with van der Waals surface area (Å²) in [5.41, 5.74) is 0. The van der Waals surface area contributed by atoms with Crippen LogP contribution in [0.25, 0.3) is 0 Å². The van der Waals surface area contributed by atoms with Crippen LogP contribution in [0.5, 0.6) is 0 Å². The van der Waals surface area contributed by atoms with E-state index in [1.807, 2.05) is 13.0 Å². The number of sulfonamides is 1. The standard InChI is InChI=1S/C14H25N3O2S2/c1-4-15-11-13-5-6-14(20-13)21(18,19)17-9-7-12(8-10-17)16(2)3/h5-6,12,15H,4,7-11H2,1-3H3. The topological polar surface area (TPSA) is 52.7 Å². The Morgan fingerprint density at radius 2 is 2.00 bits per heavy atom. The van der Waals surface area contributed by atoms with Crippen LogP contribution in [0.3, 0.4) is 0 Å². The van der Waals surface area contributed by atoms with Crippen molar-refractivity contribution in [3.8, 4) is 0 Å². The summed E-state index contributed by atoms with van der Waals surface area (Å²) in [5.74, 6) is 0. The van der Waals surface area contributed by atoms with Crippen molar-refractivity contribution in [1.82, 2.24) is 14.5 Å². The molecular formula is C14H25N3O2S2. The fourth-order valence-corrected chi connectivity index (χ4v) is 5.52. The molecule has 0 aliphatic carbocycles. The number of thiophene rings is 1. The highest BCUT2D eigenvalue weighted by atomic mass is 32.2. The van der Waals surface area contributed by atoms with Crippen molar-refractivity contribution in [2.24, 2.45) is 0 Å². The van der Waals surface area contributed by atoms with Crippen LogP contribution in [0, 0.1) is 0 Å². The smallest absolute Gasteiger partial charge is 0.252 e. The van der Waals surface area contributed by atoms with E-state index >= 15 is 0 Å². The zero-order valence-electron chi connectivity index (χ0n) is 13.0. The highest BCUT2D eigenvalue weighted by Crippen LogP contribution is 2.27. The molecule has 1 N–H and O–H groups in total. The summed E-state index contributed by atoms with van der Waals surface area (Å²) in [6, 6.07) is 4.14. The summed E-state index contributed by atoms with van der Waals surface area (Å²) in [6.07, 6.45) is 1.81. The van der Waals surface area contributed by atoms with Gasteiger partial charge in [-0.2, -0.15) is 4.31 Å². The largest absolute Gasteiger partial charge is 0.312 e. The molecule has 120 valence electrons. The van der Waals surface area contributed by atoms with Gasteiger partial charge in [0.05, 0.1) is 0 Å². The molecule has 0 radical (unpaired) electrons. The third-order valence-corrected chi connectivity index (χ3v) is 7.39. The van der Waals surface area contributed by atoms with E-state index in [-0.39, 0.29) is 0 Å². The van der Waals surface area contributed by atoms with Crippen LogP contribution in [0.15, 0.2) is 16.3 Å². The highest BCUT2D eigenvalue weighted by molar-refractivity contribution is 7.91. The summed E-state index contributed by atoms with van der Waals surface area (Å²) in [6.45, 7) is 4.90. The molecule has 0 spiro atoms. The highest BCUT2D eigenvalue weighted by Gasteiger charge is 2.30. The Morgan fingerprint density at radius 1 is 1.33 bits per heavy atom. The molecule has 0 atom stereocenters. The van der Waals surface area contributed by atoms with Crippen molar-refractivity contribution >= 4 is 21.4 Å². The Kier molecular flexibility index (Phi) is 5.79. The molecule has 21 heavy (non-hydrogen) atoms. The van der Waals surface area contributed by atoms with Crippen LogP contribution in [-0.2, 0) is 16.6 Å². The lowest BCUT2D eigenvalue weighted by Gasteiger charge is -2.34. The van der Waals surface area contributed by atoms with Gasteiger partial charge in [-0.05, 0) is 45.6 Å². The Hall–Kier alpha value is -0.470. The van der Waals surface area contributed by atoms with Gasteiger partial charge in [-0.1, -0.05) is 6.92 Å². The van der Waals surface area contributed by atoms with Crippen molar-refractivity contribution < 1.29 is 8.42 Å². The van der Waals surface area contributed by atoms with Gasteiger partial charge in [0.1, 0.15) is 4.21 Å². The maximum absolute atomic E-state index is 12.7. The summed E-state index contributed by atoms with van der Waals surface area (Å²) in [5, 5.41) is 3.22. The third kappa shape index (κ3) is 4.04. The first kappa shape index (κ1) is 16.9. The van der Waals surface area contributed by atoms with Crippen molar-refractivity contribution in [3.63, 3.8) is 0 Å². The Labute approximate surface area is 132 Å². The van der Waals surface area contributed by atoms with Crippen molar-refractivity contribution in [2.45, 2.75) is 36.6 Å². The van der Waals surface area contributed by atoms with E-state index in [1.54, 1.807) is 10.4 Å². The van der Waals surface area contributed by atoms with Crippen LogP contribution >= 0.6 is 11.3 Å². The third-order valence-electron chi connectivity index (χ3n) is 3.93. The first-order chi connectivity index (χ1) is 9.95. The lowest BCUT2D eigenvalue weighted by Crippen LogP contribution is -2.44. The number of hydrogen-bond donors (Lipinski definition) is 1. The van der Waals surface area contributed by atoms with Gasteiger partial charge < -0.3 is 10.2 Å². The molecule has 5 nitrogen and oxygen atoms in total. The summed E-state index contributed by atoms with van der Waals surface area (Å²) >= 11 is 1.38. The molecule has 0 unspecified atom stereocenters. The molecule has 2 rings (SSSR count). The Bertz CT molecular complexity index is 546. The molecule has 0 bridgehead atoms. The van der Waals surface area contributed by atoms with E-state index in [0.717, 1.165) is 30.8 Å². The van der Waals surface area contributed by atoms with Gasteiger partial charge in [0.2, 0.25) is 0 Å². The molecule has 1 aliphatic rings. The zero-order valence-corrected chi connectivity index (χ0v) is 14.6. The molecule has 1 aliphatic heterocycles. The van der Waals surface area contributed by atoms with Gasteiger partial charge in [0, 0.05) is 30.6 Å². The quantitative estimate of drug-likeness (QED) is 0.860. The molecule has 1 aromatic heterocycles. The lowest BCUT2D eigenvalue weighted by atomic mass is 10.1. The van der Waals surface area contributed by atoms with E-state index in [0.29, 0.717) is 23.3 Å². The van der Waals surface area contributed by atoms with Gasteiger partial charge >= 0.3 is 0 Å². The minimum Gasteiger partial charge on any atom is -0.312 e. The van der Waals surface area contributed by atoms with E-state index in [4.69, 9.17) is 0 Å². The molecule has 1 aromatic rings. The fraction of sp³-hybridized carbons (Fsp3) is 0.714. The molecule has 7 heteroatoms. The van der Waals surface area contributed by atoms with Crippen LogP contribution in [0.4, 0.5) is 0 Å². The first-order valence-corrected chi connectivity index (χ1v) is 9.66. The fourth-order valence-electron chi connectivity index (χ4n) is 2.57. The van der Waals surface area contributed by atoms with Gasteiger partial charge in [-0.25, -0.2) is 8.42 Å². The summed E-state index contributed by atoms with van der Waals surface area (Å²) in [7, 11) is 0.803. The van der Waals surface area contributed by atoms with Crippen molar-refractivity contribution in [3.05, 3.63) is 17.0 Å². The van der Waals surface area contributed by atoms with E-state index in [1.165, 1.54) is 11.3 Å². The molecule has 0 saturated carbocycles. The Morgan fingerprint density at radius 3 is 2.57 bits per heavy atom. The van der Waals surface area contributed by atoms with Crippen LogP contribution in [-0.4, -0.2) is 57.4 Å². The number of nitrogens with zero attached hydrogens (tertiary/aromatic N) is 2. The van der Waals surface area contributed by atoms with Crippen molar-refractivity contribution in [1.29, 1.82) is 0 Å². The second-order valence-electron chi connectivity index (χ2n) is 5.60. The Balaban J connectivity index is 2.03. The normalized spacial score (nSPS) is 18.5. The number of piperidine rings is 1. The monoisotopic (exact) mass is 331 g/mol. The summed E-state index contributed by atoms with van der Waals surface area (Å²) in [4.78, 5) is 3.25. The van der Waals surface area contributed by atoms with E-state index in [2.05, 4.69) is 24.3 Å². The maximum atomic E-state index is 12.7. The molecule has 0 amide bonds. The van der Waals surface area contributed by atoms with Gasteiger partial charge in [0.25, 0.3) is 10.0 Å². The molecule has 1 saturated heterocycles. The van der Waals surface area contributed by atoms with E-state index < -0.39 is 10.0 Å². The minimum atomic E-state index is -3.31.